The van der Waals surface area contributed by atoms with Crippen molar-refractivity contribution < 1.29 is 14.3 Å². The van der Waals surface area contributed by atoms with Crippen LogP contribution >= 0.6 is 11.6 Å². The molecule has 100 valence electrons. The molecule has 0 aliphatic carbocycles. The van der Waals surface area contributed by atoms with Gasteiger partial charge in [-0.2, -0.15) is 0 Å². The fourth-order valence-corrected chi connectivity index (χ4v) is 1.88. The minimum absolute atomic E-state index is 0.0479. The molecular weight excluding hydrogens is 268 g/mol. The molecular formula is C13H13ClN2O3. The third-order valence-electron chi connectivity index (χ3n) is 2.62. The van der Waals surface area contributed by atoms with E-state index in [4.69, 9.17) is 16.3 Å². The van der Waals surface area contributed by atoms with E-state index < -0.39 is 0 Å². The van der Waals surface area contributed by atoms with E-state index in [9.17, 15) is 4.79 Å². The largest absolute Gasteiger partial charge is 0.467 e. The fraction of sp³-hybridized carbons (Fsp3) is 0.308. The quantitative estimate of drug-likeness (QED) is 0.619. The Morgan fingerprint density at radius 1 is 1.26 bits per heavy atom. The SMILES string of the molecule is COC(=O)COCCc1ccc(Cl)c2nccnc12. The highest BCUT2D eigenvalue weighted by atomic mass is 35.5. The maximum atomic E-state index is 10.9. The first-order valence-electron chi connectivity index (χ1n) is 5.75. The maximum Gasteiger partial charge on any atom is 0.331 e. The molecule has 0 spiro atoms. The summed E-state index contributed by atoms with van der Waals surface area (Å²) in [5.74, 6) is -0.388. The third-order valence-corrected chi connectivity index (χ3v) is 2.93. The molecule has 0 aliphatic rings. The van der Waals surface area contributed by atoms with Crippen LogP contribution in [0.5, 0.6) is 0 Å². The molecule has 5 nitrogen and oxygen atoms in total. The number of rotatable bonds is 5. The van der Waals surface area contributed by atoms with Crippen molar-refractivity contribution in [3.63, 3.8) is 0 Å². The van der Waals surface area contributed by atoms with E-state index in [0.29, 0.717) is 23.6 Å². The number of carbonyl (C=O) groups is 1. The molecule has 0 atom stereocenters. The number of halogens is 1. The molecule has 0 N–H and O–H groups in total. The summed E-state index contributed by atoms with van der Waals surface area (Å²) in [4.78, 5) is 19.4. The van der Waals surface area contributed by atoms with E-state index in [-0.39, 0.29) is 12.6 Å². The molecule has 1 aromatic carbocycles. The Morgan fingerprint density at radius 3 is 2.74 bits per heavy atom. The molecule has 0 fully saturated rings. The average molecular weight is 281 g/mol. The molecule has 0 saturated carbocycles. The van der Waals surface area contributed by atoms with Crippen molar-refractivity contribution in [3.8, 4) is 0 Å². The summed E-state index contributed by atoms with van der Waals surface area (Å²) in [5, 5.41) is 0.572. The van der Waals surface area contributed by atoms with Gasteiger partial charge >= 0.3 is 5.97 Å². The van der Waals surface area contributed by atoms with Gasteiger partial charge in [0.2, 0.25) is 0 Å². The van der Waals surface area contributed by atoms with Crippen molar-refractivity contribution in [2.45, 2.75) is 6.42 Å². The average Bonchev–Trinajstić information content (AvgIpc) is 2.45. The van der Waals surface area contributed by atoms with Crippen molar-refractivity contribution in [1.82, 2.24) is 9.97 Å². The van der Waals surface area contributed by atoms with Crippen LogP contribution in [0.4, 0.5) is 0 Å². The Morgan fingerprint density at radius 2 is 2.00 bits per heavy atom. The number of nitrogens with zero attached hydrogens (tertiary/aromatic N) is 2. The molecule has 6 heteroatoms. The zero-order chi connectivity index (χ0) is 13.7. The Kier molecular flexibility index (Phi) is 4.65. The van der Waals surface area contributed by atoms with Gasteiger partial charge in [0.25, 0.3) is 0 Å². The number of hydrogen-bond donors (Lipinski definition) is 0. The van der Waals surface area contributed by atoms with E-state index >= 15 is 0 Å². The standard InChI is InChI=1S/C13H13ClN2O3/c1-18-11(17)8-19-7-4-9-2-3-10(14)13-12(9)15-5-6-16-13/h2-3,5-6H,4,7-8H2,1H3. The van der Waals surface area contributed by atoms with Gasteiger partial charge in [-0.1, -0.05) is 17.7 Å². The molecule has 0 unspecified atom stereocenters. The molecule has 19 heavy (non-hydrogen) atoms. The van der Waals surface area contributed by atoms with Gasteiger partial charge in [-0.05, 0) is 18.1 Å². The molecule has 0 bridgehead atoms. The van der Waals surface area contributed by atoms with Crippen LogP contribution in [-0.2, 0) is 20.7 Å². The highest BCUT2D eigenvalue weighted by Crippen LogP contribution is 2.23. The second kappa shape index (κ2) is 6.45. The predicted octanol–water partition coefficient (Wildman–Crippen LogP) is 2.02. The number of hydrogen-bond acceptors (Lipinski definition) is 5. The Labute approximate surface area is 115 Å². The number of methoxy groups -OCH3 is 1. The first-order valence-corrected chi connectivity index (χ1v) is 6.13. The number of ether oxygens (including phenoxy) is 2. The smallest absolute Gasteiger partial charge is 0.331 e. The Balaban J connectivity index is 2.05. The predicted molar refractivity (Wildman–Crippen MR) is 71.1 cm³/mol. The van der Waals surface area contributed by atoms with Gasteiger partial charge in [0.05, 0.1) is 24.3 Å². The van der Waals surface area contributed by atoms with Crippen molar-refractivity contribution >= 4 is 28.6 Å². The lowest BCUT2D eigenvalue weighted by Crippen LogP contribution is -2.12. The number of esters is 1. The van der Waals surface area contributed by atoms with Gasteiger partial charge in [-0.15, -0.1) is 0 Å². The number of benzene rings is 1. The number of fused-ring (bicyclic) bond motifs is 1. The minimum Gasteiger partial charge on any atom is -0.467 e. The highest BCUT2D eigenvalue weighted by Gasteiger charge is 2.07. The number of carbonyl (C=O) groups excluding carboxylic acids is 1. The minimum atomic E-state index is -0.388. The van der Waals surface area contributed by atoms with Crippen LogP contribution in [-0.4, -0.2) is 36.3 Å². The Hall–Kier alpha value is -1.72. The van der Waals surface area contributed by atoms with Crippen molar-refractivity contribution in [2.24, 2.45) is 0 Å². The molecule has 0 saturated heterocycles. The summed E-state index contributed by atoms with van der Waals surface area (Å²) in [6.45, 7) is 0.357. The monoisotopic (exact) mass is 280 g/mol. The lowest BCUT2D eigenvalue weighted by atomic mass is 10.1. The number of aromatic nitrogens is 2. The van der Waals surface area contributed by atoms with E-state index in [1.165, 1.54) is 7.11 Å². The van der Waals surface area contributed by atoms with E-state index in [1.54, 1.807) is 18.5 Å². The first-order chi connectivity index (χ1) is 9.22. The molecule has 0 radical (unpaired) electrons. The summed E-state index contributed by atoms with van der Waals surface area (Å²) >= 11 is 6.06. The maximum absolute atomic E-state index is 10.9. The van der Waals surface area contributed by atoms with Gasteiger partial charge in [0.15, 0.2) is 0 Å². The van der Waals surface area contributed by atoms with Crippen molar-refractivity contribution in [1.29, 1.82) is 0 Å². The zero-order valence-electron chi connectivity index (χ0n) is 10.4. The highest BCUT2D eigenvalue weighted by molar-refractivity contribution is 6.34. The molecule has 1 heterocycles. The van der Waals surface area contributed by atoms with Crippen LogP contribution in [0.15, 0.2) is 24.5 Å². The normalized spacial score (nSPS) is 10.6. The van der Waals surface area contributed by atoms with E-state index in [1.807, 2.05) is 6.07 Å². The summed E-state index contributed by atoms with van der Waals surface area (Å²) in [6.07, 6.45) is 3.85. The third kappa shape index (κ3) is 3.39. The van der Waals surface area contributed by atoms with Crippen LogP contribution in [0.3, 0.4) is 0 Å². The van der Waals surface area contributed by atoms with E-state index in [0.717, 1.165) is 11.1 Å². The van der Waals surface area contributed by atoms with Crippen molar-refractivity contribution in [2.75, 3.05) is 20.3 Å². The molecule has 0 aliphatic heterocycles. The molecule has 2 aromatic rings. The van der Waals surface area contributed by atoms with Crippen LogP contribution in [0, 0.1) is 0 Å². The van der Waals surface area contributed by atoms with E-state index in [2.05, 4.69) is 14.7 Å². The summed E-state index contributed by atoms with van der Waals surface area (Å²) in [7, 11) is 1.33. The lowest BCUT2D eigenvalue weighted by Gasteiger charge is -2.06. The summed E-state index contributed by atoms with van der Waals surface area (Å²) in [6, 6.07) is 3.68. The molecule has 0 amide bonds. The van der Waals surface area contributed by atoms with Crippen LogP contribution in [0.2, 0.25) is 5.02 Å². The van der Waals surface area contributed by atoms with Gasteiger partial charge in [0.1, 0.15) is 12.1 Å². The van der Waals surface area contributed by atoms with Crippen LogP contribution < -0.4 is 0 Å². The van der Waals surface area contributed by atoms with Gasteiger partial charge in [0, 0.05) is 12.4 Å². The van der Waals surface area contributed by atoms with Crippen LogP contribution in [0.25, 0.3) is 11.0 Å². The fourth-order valence-electron chi connectivity index (χ4n) is 1.68. The summed E-state index contributed by atoms with van der Waals surface area (Å²) in [5.41, 5.74) is 2.42. The first kappa shape index (κ1) is 13.7. The zero-order valence-corrected chi connectivity index (χ0v) is 11.2. The van der Waals surface area contributed by atoms with Gasteiger partial charge in [-0.3, -0.25) is 9.97 Å². The van der Waals surface area contributed by atoms with Gasteiger partial charge < -0.3 is 9.47 Å². The van der Waals surface area contributed by atoms with Gasteiger partial charge in [-0.25, -0.2) is 4.79 Å². The topological polar surface area (TPSA) is 61.3 Å². The molecule has 2 rings (SSSR count). The lowest BCUT2D eigenvalue weighted by molar-refractivity contribution is -0.145. The Bertz CT molecular complexity index is 589. The second-order valence-electron chi connectivity index (χ2n) is 3.84. The van der Waals surface area contributed by atoms with Crippen molar-refractivity contribution in [3.05, 3.63) is 35.1 Å². The second-order valence-corrected chi connectivity index (χ2v) is 4.25. The molecule has 1 aromatic heterocycles. The summed E-state index contributed by atoms with van der Waals surface area (Å²) < 4.78 is 9.70. The van der Waals surface area contributed by atoms with Crippen LogP contribution in [0.1, 0.15) is 5.56 Å².